The molecule has 0 bridgehead atoms. The van der Waals surface area contributed by atoms with Gasteiger partial charge in [0.2, 0.25) is 0 Å². The second kappa shape index (κ2) is 12.1. The first-order valence-electron chi connectivity index (χ1n) is 22.4. The fourth-order valence-electron chi connectivity index (χ4n) is 12.9. The standard InChI is InChI=1S/C60H44O2/c1-59(2)50-27-23-35(31-47(50)48-32-45-38-16-6-4-14-36(38)37-15-5-7-17-39(37)46(45)33-52(48)59)56-42-20-9-8-19-41(42)55(51-21-12-13-29-60(51,56)3)34-24-28-54-49(30-34)44-26-25-43-40-18-10-11-22-53(40)61-57(43)58(44)62-54/h4-23,25-29,31-34,49,56H,24,30H2,1-3H3. The lowest BCUT2D eigenvalue weighted by Crippen LogP contribution is -2.34. The van der Waals surface area contributed by atoms with Crippen LogP contribution in [0.3, 0.4) is 0 Å². The lowest BCUT2D eigenvalue weighted by atomic mass is 9.56. The molecule has 0 N–H and O–H groups in total. The zero-order valence-electron chi connectivity index (χ0n) is 35.1. The summed E-state index contributed by atoms with van der Waals surface area (Å²) in [5.74, 6) is 2.66. The van der Waals surface area contributed by atoms with Crippen LogP contribution < -0.4 is 4.74 Å². The molecule has 14 rings (SSSR count). The molecule has 5 aliphatic rings. The van der Waals surface area contributed by atoms with Gasteiger partial charge in [-0.15, -0.1) is 0 Å². The molecule has 0 saturated carbocycles. The molecule has 2 heterocycles. The Hall–Kier alpha value is -6.90. The van der Waals surface area contributed by atoms with Crippen LogP contribution in [-0.2, 0) is 5.41 Å². The predicted molar refractivity (Wildman–Crippen MR) is 256 cm³/mol. The van der Waals surface area contributed by atoms with Crippen LogP contribution in [0.2, 0.25) is 0 Å². The van der Waals surface area contributed by atoms with E-state index in [4.69, 9.17) is 9.15 Å². The zero-order valence-corrected chi connectivity index (χ0v) is 35.1. The zero-order chi connectivity index (χ0) is 41.1. The highest BCUT2D eigenvalue weighted by atomic mass is 16.5. The first-order chi connectivity index (χ1) is 30.4. The van der Waals surface area contributed by atoms with Gasteiger partial charge < -0.3 is 9.15 Å². The van der Waals surface area contributed by atoms with E-state index in [1.165, 1.54) is 88.0 Å². The molecule has 2 nitrogen and oxygen atoms in total. The second-order valence-electron chi connectivity index (χ2n) is 19.2. The van der Waals surface area contributed by atoms with Crippen LogP contribution in [0.25, 0.3) is 71.0 Å². The Kier molecular flexibility index (Phi) is 6.81. The molecule has 0 amide bonds. The summed E-state index contributed by atoms with van der Waals surface area (Å²) in [4.78, 5) is 0. The number of furan rings is 1. The van der Waals surface area contributed by atoms with Crippen molar-refractivity contribution in [2.45, 2.75) is 50.9 Å². The van der Waals surface area contributed by atoms with Crippen molar-refractivity contribution in [3.8, 4) is 16.9 Å². The molecule has 296 valence electrons. The van der Waals surface area contributed by atoms with Crippen LogP contribution in [0.15, 0.2) is 186 Å². The van der Waals surface area contributed by atoms with E-state index < -0.39 is 0 Å². The molecular weight excluding hydrogens is 753 g/mol. The van der Waals surface area contributed by atoms with Crippen molar-refractivity contribution in [3.05, 3.63) is 215 Å². The van der Waals surface area contributed by atoms with Gasteiger partial charge in [0.15, 0.2) is 11.3 Å². The summed E-state index contributed by atoms with van der Waals surface area (Å²) in [7, 11) is 0. The van der Waals surface area contributed by atoms with Gasteiger partial charge in [-0.1, -0.05) is 160 Å². The van der Waals surface area contributed by atoms with E-state index >= 15 is 0 Å². The van der Waals surface area contributed by atoms with E-state index in [1.54, 1.807) is 0 Å². The van der Waals surface area contributed by atoms with Gasteiger partial charge in [0, 0.05) is 39.0 Å². The molecule has 0 saturated heterocycles. The number of allylic oxidation sites excluding steroid dienone is 8. The summed E-state index contributed by atoms with van der Waals surface area (Å²) >= 11 is 0. The number of fused-ring (bicyclic) bond motifs is 18. The molecule has 4 atom stereocenters. The smallest absolute Gasteiger partial charge is 0.178 e. The summed E-state index contributed by atoms with van der Waals surface area (Å²) in [5, 5.41) is 10.2. The maximum Gasteiger partial charge on any atom is 0.178 e. The van der Waals surface area contributed by atoms with Gasteiger partial charge in [-0.2, -0.15) is 0 Å². The number of rotatable bonds is 2. The molecule has 62 heavy (non-hydrogen) atoms. The monoisotopic (exact) mass is 796 g/mol. The first kappa shape index (κ1) is 34.8. The Morgan fingerprint density at radius 1 is 0.565 bits per heavy atom. The number of hydrogen-bond acceptors (Lipinski definition) is 2. The average molecular weight is 797 g/mol. The minimum Gasteiger partial charge on any atom is -0.457 e. The Morgan fingerprint density at radius 3 is 2.06 bits per heavy atom. The lowest BCUT2D eigenvalue weighted by molar-refractivity contribution is 0.381. The van der Waals surface area contributed by atoms with Crippen LogP contribution in [-0.4, -0.2) is 0 Å². The Balaban J connectivity index is 0.908. The minimum atomic E-state index is -0.239. The molecular formula is C60H44O2. The highest BCUT2D eigenvalue weighted by Gasteiger charge is 2.48. The third-order valence-electron chi connectivity index (χ3n) is 15.7. The molecule has 8 aromatic carbocycles. The Morgan fingerprint density at radius 2 is 1.26 bits per heavy atom. The summed E-state index contributed by atoms with van der Waals surface area (Å²) in [5.41, 5.74) is 15.4. The van der Waals surface area contributed by atoms with E-state index in [0.29, 0.717) is 5.92 Å². The van der Waals surface area contributed by atoms with E-state index in [-0.39, 0.29) is 22.7 Å². The largest absolute Gasteiger partial charge is 0.457 e. The van der Waals surface area contributed by atoms with Gasteiger partial charge in [-0.05, 0) is 132 Å². The van der Waals surface area contributed by atoms with E-state index in [1.807, 2.05) is 6.07 Å². The van der Waals surface area contributed by atoms with Crippen molar-refractivity contribution in [1.82, 2.24) is 0 Å². The fourth-order valence-corrected chi connectivity index (χ4v) is 12.9. The second-order valence-corrected chi connectivity index (χ2v) is 19.2. The molecule has 4 unspecified atom stereocenters. The van der Waals surface area contributed by atoms with Crippen molar-refractivity contribution in [3.63, 3.8) is 0 Å². The van der Waals surface area contributed by atoms with Gasteiger partial charge in [-0.25, -0.2) is 0 Å². The summed E-state index contributed by atoms with van der Waals surface area (Å²) in [6.45, 7) is 7.33. The van der Waals surface area contributed by atoms with Crippen molar-refractivity contribution in [2.24, 2.45) is 11.3 Å². The van der Waals surface area contributed by atoms with Crippen molar-refractivity contribution < 1.29 is 9.15 Å². The summed E-state index contributed by atoms with van der Waals surface area (Å²) in [6.07, 6.45) is 13.8. The number of para-hydroxylation sites is 1. The third kappa shape index (κ3) is 4.44. The van der Waals surface area contributed by atoms with E-state index in [2.05, 4.69) is 185 Å². The van der Waals surface area contributed by atoms with E-state index in [0.717, 1.165) is 46.3 Å². The summed E-state index contributed by atoms with van der Waals surface area (Å²) < 4.78 is 13.2. The van der Waals surface area contributed by atoms with Crippen LogP contribution >= 0.6 is 0 Å². The van der Waals surface area contributed by atoms with Crippen LogP contribution in [0.5, 0.6) is 5.75 Å². The molecule has 1 aromatic heterocycles. The molecule has 1 aliphatic heterocycles. The maximum atomic E-state index is 6.73. The highest BCUT2D eigenvalue weighted by molar-refractivity contribution is 6.26. The molecule has 4 aliphatic carbocycles. The van der Waals surface area contributed by atoms with Gasteiger partial charge >= 0.3 is 0 Å². The van der Waals surface area contributed by atoms with Gasteiger partial charge in [0.05, 0.1) is 0 Å². The SMILES string of the molecule is CC1(C)c2ccc(C3c4ccccc4C(C4CC=C5Oc6c(ccc7c6oc6ccccc67)C5C4)=C4C=CC=CC43C)cc2-c2cc3c4ccccc4c4ccccc4c3cc21. The molecule has 2 heteroatoms. The van der Waals surface area contributed by atoms with Crippen LogP contribution in [0.4, 0.5) is 0 Å². The topological polar surface area (TPSA) is 22.4 Å². The van der Waals surface area contributed by atoms with Crippen LogP contribution in [0.1, 0.15) is 78.8 Å². The lowest BCUT2D eigenvalue weighted by Gasteiger charge is -2.46. The van der Waals surface area contributed by atoms with Gasteiger partial charge in [-0.3, -0.25) is 0 Å². The number of ether oxygens (including phenoxy) is 1. The third-order valence-corrected chi connectivity index (χ3v) is 15.7. The maximum absolute atomic E-state index is 6.73. The molecule has 0 spiro atoms. The Bertz CT molecular complexity index is 3620. The number of hydrogen-bond donors (Lipinski definition) is 0. The summed E-state index contributed by atoms with van der Waals surface area (Å²) in [6, 6.07) is 52.6. The minimum absolute atomic E-state index is 0.129. The highest BCUT2D eigenvalue weighted by Crippen LogP contribution is 2.62. The number of benzene rings is 8. The average Bonchev–Trinajstić information content (AvgIpc) is 3.94. The van der Waals surface area contributed by atoms with E-state index in [9.17, 15) is 0 Å². The normalized spacial score (nSPS) is 22.7. The molecule has 9 aromatic rings. The van der Waals surface area contributed by atoms with Gasteiger partial charge in [0.1, 0.15) is 11.3 Å². The predicted octanol–water partition coefficient (Wildman–Crippen LogP) is 15.9. The molecule has 0 fully saturated rings. The van der Waals surface area contributed by atoms with Crippen molar-refractivity contribution in [1.29, 1.82) is 0 Å². The van der Waals surface area contributed by atoms with Crippen molar-refractivity contribution in [2.75, 3.05) is 0 Å². The molecule has 0 radical (unpaired) electrons. The Labute approximate surface area is 361 Å². The first-order valence-corrected chi connectivity index (χ1v) is 22.4. The van der Waals surface area contributed by atoms with Crippen LogP contribution in [0, 0.1) is 11.3 Å². The van der Waals surface area contributed by atoms with Gasteiger partial charge in [0.25, 0.3) is 0 Å². The fraction of sp³-hybridized carbons (Fsp3) is 0.167. The quantitative estimate of drug-likeness (QED) is 0.163. The van der Waals surface area contributed by atoms with Crippen molar-refractivity contribution >= 4 is 59.8 Å².